The Morgan fingerprint density at radius 1 is 1.35 bits per heavy atom. The van der Waals surface area contributed by atoms with E-state index in [4.69, 9.17) is 10.6 Å². The van der Waals surface area contributed by atoms with Crippen LogP contribution in [0.15, 0.2) is 32.5 Å². The molecule has 0 radical (unpaired) electrons. The molecule has 0 saturated heterocycles. The molecule has 0 bridgehead atoms. The molecule has 1 heterocycles. The van der Waals surface area contributed by atoms with Crippen molar-refractivity contribution in [3.05, 3.63) is 48.5 Å². The number of nitrogens with one attached hydrogen (secondary N) is 1. The van der Waals surface area contributed by atoms with Gasteiger partial charge >= 0.3 is 0 Å². The van der Waals surface area contributed by atoms with Crippen LogP contribution in [0.25, 0.3) is 0 Å². The van der Waals surface area contributed by atoms with Gasteiger partial charge in [0.05, 0.1) is 16.9 Å². The zero-order valence-corrected chi connectivity index (χ0v) is 15.2. The SMILES string of the molecule is COc1ccc(C)cc1CC(NN)c1cc(Br)c(Br)s1. The quantitative estimate of drug-likeness (QED) is 0.559. The van der Waals surface area contributed by atoms with Gasteiger partial charge in [-0.05, 0) is 62.9 Å². The third kappa shape index (κ3) is 3.62. The van der Waals surface area contributed by atoms with E-state index in [0.717, 1.165) is 26.0 Å². The lowest BCUT2D eigenvalue weighted by atomic mass is 10.0. The molecule has 1 unspecified atom stereocenters. The van der Waals surface area contributed by atoms with Crippen LogP contribution >= 0.6 is 43.2 Å². The number of halogens is 2. The lowest BCUT2D eigenvalue weighted by Gasteiger charge is -2.16. The van der Waals surface area contributed by atoms with E-state index in [1.165, 1.54) is 10.4 Å². The Hall–Kier alpha value is -0.400. The average molecular weight is 420 g/mol. The molecule has 0 fully saturated rings. The van der Waals surface area contributed by atoms with Gasteiger partial charge in [-0.1, -0.05) is 17.7 Å². The average Bonchev–Trinajstić information content (AvgIpc) is 2.76. The summed E-state index contributed by atoms with van der Waals surface area (Å²) in [5.41, 5.74) is 5.25. The molecule has 0 aliphatic rings. The minimum atomic E-state index is 0.0540. The first kappa shape index (κ1) is 16.0. The van der Waals surface area contributed by atoms with Crippen molar-refractivity contribution < 1.29 is 4.74 Å². The summed E-state index contributed by atoms with van der Waals surface area (Å²) >= 11 is 8.70. The van der Waals surface area contributed by atoms with E-state index in [2.05, 4.69) is 56.3 Å². The summed E-state index contributed by atoms with van der Waals surface area (Å²) in [6, 6.07) is 8.32. The van der Waals surface area contributed by atoms with Gasteiger partial charge in [-0.15, -0.1) is 11.3 Å². The normalized spacial score (nSPS) is 12.4. The largest absolute Gasteiger partial charge is 0.496 e. The molecule has 108 valence electrons. The van der Waals surface area contributed by atoms with E-state index >= 15 is 0 Å². The molecule has 0 aliphatic carbocycles. The molecule has 0 spiro atoms. The van der Waals surface area contributed by atoms with Crippen molar-refractivity contribution in [1.29, 1.82) is 0 Å². The van der Waals surface area contributed by atoms with Crippen LogP contribution in [-0.4, -0.2) is 7.11 Å². The Kier molecular flexibility index (Phi) is 5.63. The molecule has 0 amide bonds. The molecule has 1 atom stereocenters. The monoisotopic (exact) mass is 418 g/mol. The molecular formula is C14H16Br2N2OS. The smallest absolute Gasteiger partial charge is 0.122 e. The second kappa shape index (κ2) is 7.04. The second-order valence-corrected chi connectivity index (χ2v) is 7.77. The fourth-order valence-electron chi connectivity index (χ4n) is 2.06. The van der Waals surface area contributed by atoms with Crippen LogP contribution in [0.2, 0.25) is 0 Å². The minimum absolute atomic E-state index is 0.0540. The van der Waals surface area contributed by atoms with Gasteiger partial charge in [0.25, 0.3) is 0 Å². The molecule has 6 heteroatoms. The van der Waals surface area contributed by atoms with Crippen molar-refractivity contribution in [3.8, 4) is 5.75 Å². The summed E-state index contributed by atoms with van der Waals surface area (Å²) in [5.74, 6) is 6.62. The highest BCUT2D eigenvalue weighted by Crippen LogP contribution is 2.37. The van der Waals surface area contributed by atoms with Crippen LogP contribution < -0.4 is 16.0 Å². The summed E-state index contributed by atoms with van der Waals surface area (Å²) in [6.45, 7) is 2.08. The number of benzene rings is 1. The summed E-state index contributed by atoms with van der Waals surface area (Å²) < 4.78 is 7.55. The van der Waals surface area contributed by atoms with Gasteiger partial charge in [0.15, 0.2) is 0 Å². The highest BCUT2D eigenvalue weighted by molar-refractivity contribution is 9.13. The maximum Gasteiger partial charge on any atom is 0.122 e. The Bertz CT molecular complexity index is 581. The van der Waals surface area contributed by atoms with Crippen LogP contribution in [0.3, 0.4) is 0 Å². The van der Waals surface area contributed by atoms with Crippen LogP contribution in [0, 0.1) is 6.92 Å². The van der Waals surface area contributed by atoms with Crippen LogP contribution in [0.5, 0.6) is 5.75 Å². The first-order valence-electron chi connectivity index (χ1n) is 6.09. The van der Waals surface area contributed by atoms with Crippen molar-refractivity contribution in [2.24, 2.45) is 5.84 Å². The van der Waals surface area contributed by atoms with Gasteiger partial charge in [0.2, 0.25) is 0 Å². The zero-order chi connectivity index (χ0) is 14.7. The van der Waals surface area contributed by atoms with Crippen molar-refractivity contribution in [2.45, 2.75) is 19.4 Å². The second-order valence-electron chi connectivity index (χ2n) is 4.51. The first-order chi connectivity index (χ1) is 9.55. The third-order valence-electron chi connectivity index (χ3n) is 3.07. The number of rotatable bonds is 5. The molecule has 0 saturated carbocycles. The Morgan fingerprint density at radius 2 is 2.10 bits per heavy atom. The van der Waals surface area contributed by atoms with Gasteiger partial charge < -0.3 is 4.74 Å². The van der Waals surface area contributed by atoms with Crippen molar-refractivity contribution in [2.75, 3.05) is 7.11 Å². The van der Waals surface area contributed by atoms with Gasteiger partial charge in [-0.2, -0.15) is 0 Å². The molecule has 20 heavy (non-hydrogen) atoms. The number of ether oxygens (including phenoxy) is 1. The van der Waals surface area contributed by atoms with Crippen LogP contribution in [0.4, 0.5) is 0 Å². The predicted molar refractivity (Wildman–Crippen MR) is 91.2 cm³/mol. The lowest BCUT2D eigenvalue weighted by Crippen LogP contribution is -2.29. The Morgan fingerprint density at radius 3 is 2.65 bits per heavy atom. The van der Waals surface area contributed by atoms with Gasteiger partial charge in [-0.25, -0.2) is 0 Å². The van der Waals surface area contributed by atoms with Crippen molar-refractivity contribution >= 4 is 43.2 Å². The molecule has 1 aromatic carbocycles. The summed E-state index contributed by atoms with van der Waals surface area (Å²) in [4.78, 5) is 1.18. The van der Waals surface area contributed by atoms with Crippen molar-refractivity contribution in [1.82, 2.24) is 5.43 Å². The Labute approximate surface area is 139 Å². The molecule has 1 aromatic heterocycles. The van der Waals surface area contributed by atoms with E-state index in [-0.39, 0.29) is 6.04 Å². The number of hydrogen-bond acceptors (Lipinski definition) is 4. The van der Waals surface area contributed by atoms with Gasteiger partial charge in [0.1, 0.15) is 5.75 Å². The summed E-state index contributed by atoms with van der Waals surface area (Å²) in [5, 5.41) is 0. The highest BCUT2D eigenvalue weighted by Gasteiger charge is 2.17. The maximum atomic E-state index is 5.73. The number of thiophene rings is 1. The van der Waals surface area contributed by atoms with E-state index in [1.54, 1.807) is 18.4 Å². The van der Waals surface area contributed by atoms with E-state index in [0.29, 0.717) is 0 Å². The van der Waals surface area contributed by atoms with E-state index in [1.807, 2.05) is 12.1 Å². The van der Waals surface area contributed by atoms with E-state index in [9.17, 15) is 0 Å². The zero-order valence-electron chi connectivity index (χ0n) is 11.2. The summed E-state index contributed by atoms with van der Waals surface area (Å²) in [6.07, 6.45) is 0.779. The highest BCUT2D eigenvalue weighted by atomic mass is 79.9. The third-order valence-corrected chi connectivity index (χ3v) is 6.44. The summed E-state index contributed by atoms with van der Waals surface area (Å²) in [7, 11) is 1.69. The molecule has 2 rings (SSSR count). The fourth-order valence-corrected chi connectivity index (χ4v) is 4.21. The molecule has 3 N–H and O–H groups in total. The standard InChI is InChI=1S/C14H16Br2N2OS/c1-8-3-4-12(19-2)9(5-8)6-11(18-17)13-7-10(15)14(16)20-13/h3-5,7,11,18H,6,17H2,1-2H3. The van der Waals surface area contributed by atoms with Crippen LogP contribution in [-0.2, 0) is 6.42 Å². The Balaban J connectivity index is 2.28. The maximum absolute atomic E-state index is 5.73. The number of aryl methyl sites for hydroxylation is 1. The van der Waals surface area contributed by atoms with Crippen LogP contribution in [0.1, 0.15) is 22.0 Å². The fraction of sp³-hybridized carbons (Fsp3) is 0.286. The molecule has 2 aromatic rings. The number of nitrogens with two attached hydrogens (primary N) is 1. The molecular weight excluding hydrogens is 404 g/mol. The predicted octanol–water partition coefficient (Wildman–Crippen LogP) is 4.34. The first-order valence-corrected chi connectivity index (χ1v) is 8.49. The van der Waals surface area contributed by atoms with Crippen molar-refractivity contribution in [3.63, 3.8) is 0 Å². The number of methoxy groups -OCH3 is 1. The minimum Gasteiger partial charge on any atom is -0.496 e. The number of hydrogen-bond donors (Lipinski definition) is 2. The lowest BCUT2D eigenvalue weighted by molar-refractivity contribution is 0.406. The molecule has 3 nitrogen and oxygen atoms in total. The molecule has 0 aliphatic heterocycles. The van der Waals surface area contributed by atoms with Gasteiger partial charge in [-0.3, -0.25) is 11.3 Å². The van der Waals surface area contributed by atoms with Gasteiger partial charge in [0, 0.05) is 9.35 Å². The number of hydrazine groups is 1. The topological polar surface area (TPSA) is 47.3 Å². The van der Waals surface area contributed by atoms with E-state index < -0.39 is 0 Å².